The Morgan fingerprint density at radius 2 is 1.93 bits per heavy atom. The van der Waals surface area contributed by atoms with Crippen LogP contribution in [0.3, 0.4) is 0 Å². The first-order valence-electron chi connectivity index (χ1n) is 9.60. The number of esters is 1. The van der Waals surface area contributed by atoms with Gasteiger partial charge in [-0.15, -0.1) is 0 Å². The maximum atomic E-state index is 13.3. The van der Waals surface area contributed by atoms with Crippen molar-refractivity contribution >= 4 is 20.8 Å². The molecule has 6 nitrogen and oxygen atoms in total. The maximum absolute atomic E-state index is 13.3. The van der Waals surface area contributed by atoms with E-state index in [1.165, 1.54) is 34.2 Å². The van der Waals surface area contributed by atoms with Crippen molar-refractivity contribution in [1.29, 1.82) is 0 Å². The molecule has 1 unspecified atom stereocenters. The van der Waals surface area contributed by atoms with Crippen molar-refractivity contribution in [1.82, 2.24) is 9.80 Å². The summed E-state index contributed by atoms with van der Waals surface area (Å²) in [5.41, 5.74) is 0.952. The molecule has 0 fully saturated rings. The highest BCUT2D eigenvalue weighted by Gasteiger charge is 2.37. The van der Waals surface area contributed by atoms with Crippen molar-refractivity contribution < 1.29 is 23.5 Å². The molecule has 0 saturated carbocycles. The van der Waals surface area contributed by atoms with Gasteiger partial charge in [0.2, 0.25) is 0 Å². The summed E-state index contributed by atoms with van der Waals surface area (Å²) in [6, 6.07) is 6.01. The van der Waals surface area contributed by atoms with Crippen LogP contribution in [-0.4, -0.2) is 57.6 Å². The lowest BCUT2D eigenvalue weighted by molar-refractivity contribution is -0.139. The molecule has 0 spiro atoms. The number of hydrogen-bond donors (Lipinski definition) is 0. The van der Waals surface area contributed by atoms with Crippen LogP contribution in [0.2, 0.25) is 19.1 Å². The number of nitrogens with zero attached hydrogens (tertiary/aromatic N) is 2. The van der Waals surface area contributed by atoms with Crippen molar-refractivity contribution in [2.24, 2.45) is 0 Å². The van der Waals surface area contributed by atoms with Gasteiger partial charge >= 0.3 is 12.0 Å². The Morgan fingerprint density at radius 3 is 2.54 bits per heavy atom. The van der Waals surface area contributed by atoms with Crippen molar-refractivity contribution in [3.63, 3.8) is 0 Å². The Kier molecular flexibility index (Phi) is 8.19. The molecule has 0 radical (unpaired) electrons. The predicted molar refractivity (Wildman–Crippen MR) is 108 cm³/mol. The number of ether oxygens (including phenoxy) is 2. The van der Waals surface area contributed by atoms with Gasteiger partial charge in [-0.05, 0) is 31.0 Å². The third-order valence-electron chi connectivity index (χ3n) is 4.52. The average molecular weight is 409 g/mol. The first kappa shape index (κ1) is 22.1. The van der Waals surface area contributed by atoms with Crippen LogP contribution in [0.4, 0.5) is 9.18 Å². The number of hydrogen-bond acceptors (Lipinski definition) is 4. The number of likely N-dealkylation sites (N-methyl/N-ethyl adjacent to an activating group) is 1. The Bertz CT molecular complexity index is 709. The summed E-state index contributed by atoms with van der Waals surface area (Å²) in [4.78, 5) is 28.1. The summed E-state index contributed by atoms with van der Waals surface area (Å²) in [6.07, 6.45) is 2.46. The highest BCUT2D eigenvalue weighted by atomic mass is 28.3. The van der Waals surface area contributed by atoms with Crippen LogP contribution in [0.25, 0.3) is 0 Å². The van der Waals surface area contributed by atoms with Gasteiger partial charge in [-0.2, -0.15) is 0 Å². The minimum atomic E-state index is -0.643. The number of halogens is 1. The molecule has 154 valence electrons. The fourth-order valence-corrected chi connectivity index (χ4v) is 4.07. The third-order valence-corrected chi connectivity index (χ3v) is 6.08. The van der Waals surface area contributed by atoms with Gasteiger partial charge in [-0.1, -0.05) is 31.3 Å². The quantitative estimate of drug-likeness (QED) is 0.356. The molecule has 0 aliphatic carbocycles. The fourth-order valence-electron chi connectivity index (χ4n) is 3.09. The molecular formula is C20H29FN2O4Si. The average Bonchev–Trinajstić information content (AvgIpc) is 2.65. The number of benzene rings is 1. The van der Waals surface area contributed by atoms with Gasteiger partial charge in [0.1, 0.15) is 12.5 Å². The lowest BCUT2D eigenvalue weighted by Crippen LogP contribution is -2.47. The van der Waals surface area contributed by atoms with E-state index in [9.17, 15) is 14.0 Å². The predicted octanol–water partition coefficient (Wildman–Crippen LogP) is 3.53. The van der Waals surface area contributed by atoms with Crippen molar-refractivity contribution in [2.45, 2.75) is 38.5 Å². The molecule has 0 saturated heterocycles. The molecule has 0 aromatic heterocycles. The molecule has 2 rings (SSSR count). The Labute approximate surface area is 167 Å². The second-order valence-corrected chi connectivity index (χ2v) is 10.6. The van der Waals surface area contributed by atoms with Gasteiger partial charge in [0.15, 0.2) is 0 Å². The van der Waals surface area contributed by atoms with Crippen LogP contribution in [0.5, 0.6) is 0 Å². The number of rotatable bonds is 9. The van der Waals surface area contributed by atoms with E-state index in [1.54, 1.807) is 26.1 Å². The largest absolute Gasteiger partial charge is 0.463 e. The zero-order valence-electron chi connectivity index (χ0n) is 17.0. The van der Waals surface area contributed by atoms with Gasteiger partial charge in [-0.25, -0.2) is 14.0 Å². The SMILES string of the molecule is CCOC(=O)C1=CN(COCCC[SiH](C)C)C(=O)N(C)C1c1ccc(F)cc1. The van der Waals surface area contributed by atoms with E-state index in [0.717, 1.165) is 6.42 Å². The van der Waals surface area contributed by atoms with Crippen LogP contribution in [-0.2, 0) is 14.3 Å². The molecule has 2 amide bonds. The van der Waals surface area contributed by atoms with Crippen molar-refractivity contribution in [2.75, 3.05) is 27.0 Å². The fraction of sp³-hybridized carbons (Fsp3) is 0.500. The lowest BCUT2D eigenvalue weighted by Gasteiger charge is -2.37. The molecular weight excluding hydrogens is 379 g/mol. The summed E-state index contributed by atoms with van der Waals surface area (Å²) < 4.78 is 24.1. The number of amides is 2. The summed E-state index contributed by atoms with van der Waals surface area (Å²) >= 11 is 0. The first-order valence-corrected chi connectivity index (χ1v) is 12.7. The maximum Gasteiger partial charge on any atom is 0.337 e. The molecule has 0 N–H and O–H groups in total. The van der Waals surface area contributed by atoms with E-state index in [-0.39, 0.29) is 25.2 Å². The number of urea groups is 1. The Morgan fingerprint density at radius 1 is 1.25 bits per heavy atom. The standard InChI is InChI=1S/C20H29FN2O4Si/c1-5-27-19(24)17-13-23(14-26-11-6-12-28(3)4)20(25)22(2)18(17)15-7-9-16(21)10-8-15/h7-10,13,18,28H,5-6,11-12,14H2,1-4H3. The normalized spacial score (nSPS) is 17.1. The van der Waals surface area contributed by atoms with E-state index in [2.05, 4.69) is 13.1 Å². The second-order valence-electron chi connectivity index (χ2n) is 7.20. The Hall–Kier alpha value is -2.19. The van der Waals surface area contributed by atoms with Gasteiger partial charge < -0.3 is 14.4 Å². The van der Waals surface area contributed by atoms with E-state index in [4.69, 9.17) is 9.47 Å². The van der Waals surface area contributed by atoms with E-state index in [0.29, 0.717) is 17.7 Å². The lowest BCUT2D eigenvalue weighted by atomic mass is 9.96. The van der Waals surface area contributed by atoms with Crippen LogP contribution in [0, 0.1) is 5.82 Å². The number of carbonyl (C=O) groups is 2. The van der Waals surface area contributed by atoms with E-state index >= 15 is 0 Å². The minimum Gasteiger partial charge on any atom is -0.463 e. The topological polar surface area (TPSA) is 59.1 Å². The Balaban J connectivity index is 2.21. The molecule has 0 bridgehead atoms. The summed E-state index contributed by atoms with van der Waals surface area (Å²) in [5.74, 6) is -0.887. The minimum absolute atomic E-state index is 0.0713. The molecule has 1 aliphatic rings. The van der Waals surface area contributed by atoms with Crippen LogP contribution >= 0.6 is 0 Å². The van der Waals surface area contributed by atoms with Crippen LogP contribution in [0.1, 0.15) is 24.9 Å². The highest BCUT2D eigenvalue weighted by Crippen LogP contribution is 2.33. The molecule has 28 heavy (non-hydrogen) atoms. The molecule has 1 aromatic rings. The van der Waals surface area contributed by atoms with Crippen molar-refractivity contribution in [3.05, 3.63) is 47.4 Å². The van der Waals surface area contributed by atoms with Crippen molar-refractivity contribution in [3.8, 4) is 0 Å². The molecule has 1 atom stereocenters. The first-order chi connectivity index (χ1) is 13.3. The summed E-state index contributed by atoms with van der Waals surface area (Å²) in [7, 11) is 0.994. The zero-order chi connectivity index (χ0) is 20.7. The van der Waals surface area contributed by atoms with Crippen LogP contribution in [0.15, 0.2) is 36.0 Å². The summed E-state index contributed by atoms with van der Waals surface area (Å²) in [6.45, 7) is 7.16. The number of carbonyl (C=O) groups excluding carboxylic acids is 2. The van der Waals surface area contributed by atoms with Gasteiger partial charge in [-0.3, -0.25) is 4.90 Å². The molecule has 8 heteroatoms. The van der Waals surface area contributed by atoms with Gasteiger partial charge in [0.05, 0.1) is 18.2 Å². The van der Waals surface area contributed by atoms with Crippen LogP contribution < -0.4 is 0 Å². The van der Waals surface area contributed by atoms with Gasteiger partial charge in [0.25, 0.3) is 0 Å². The smallest absolute Gasteiger partial charge is 0.337 e. The zero-order valence-corrected chi connectivity index (χ0v) is 18.1. The monoisotopic (exact) mass is 408 g/mol. The highest BCUT2D eigenvalue weighted by molar-refractivity contribution is 6.55. The molecule has 1 aromatic carbocycles. The van der Waals surface area contributed by atoms with E-state index < -0.39 is 20.8 Å². The second kappa shape index (κ2) is 10.4. The van der Waals surface area contributed by atoms with E-state index in [1.807, 2.05) is 0 Å². The molecule has 1 heterocycles. The van der Waals surface area contributed by atoms with Gasteiger partial charge in [0, 0.05) is 28.7 Å². The summed E-state index contributed by atoms with van der Waals surface area (Å²) in [5, 5.41) is 0. The molecule has 1 aliphatic heterocycles. The third kappa shape index (κ3) is 5.65.